The number of nitrogens with one attached hydrogen (secondary N) is 1. The van der Waals surface area contributed by atoms with Crippen LogP contribution >= 0.6 is 0 Å². The highest BCUT2D eigenvalue weighted by molar-refractivity contribution is 5.76. The zero-order chi connectivity index (χ0) is 39.5. The van der Waals surface area contributed by atoms with Crippen LogP contribution in [0.1, 0.15) is 174 Å². The molecule has 1 saturated heterocycles. The van der Waals surface area contributed by atoms with Gasteiger partial charge in [-0.05, 0) is 64.2 Å². The Morgan fingerprint density at radius 3 is 1.61 bits per heavy atom. The van der Waals surface area contributed by atoms with E-state index in [9.17, 15) is 30.3 Å². The van der Waals surface area contributed by atoms with E-state index in [1.807, 2.05) is 6.08 Å². The number of carbonyl (C=O) groups is 1. The lowest BCUT2D eigenvalue weighted by Gasteiger charge is -2.40. The van der Waals surface area contributed by atoms with Gasteiger partial charge in [-0.2, -0.15) is 0 Å². The molecule has 1 aliphatic rings. The molecule has 1 amide bonds. The number of aliphatic hydroxyl groups is 5. The van der Waals surface area contributed by atoms with E-state index in [4.69, 9.17) is 9.47 Å². The topological polar surface area (TPSA) is 149 Å². The third kappa shape index (κ3) is 26.1. The van der Waals surface area contributed by atoms with E-state index < -0.39 is 49.5 Å². The van der Waals surface area contributed by atoms with Crippen LogP contribution in [0.15, 0.2) is 48.6 Å². The molecule has 0 aromatic carbocycles. The molecule has 9 nitrogen and oxygen atoms in total. The molecule has 7 unspecified atom stereocenters. The lowest BCUT2D eigenvalue weighted by atomic mass is 9.99. The van der Waals surface area contributed by atoms with E-state index in [2.05, 4.69) is 55.6 Å². The maximum absolute atomic E-state index is 12.9. The Labute approximate surface area is 329 Å². The van der Waals surface area contributed by atoms with E-state index in [-0.39, 0.29) is 12.5 Å². The summed E-state index contributed by atoms with van der Waals surface area (Å²) < 4.78 is 11.2. The summed E-state index contributed by atoms with van der Waals surface area (Å²) in [6, 6.07) is -0.827. The van der Waals surface area contributed by atoms with Gasteiger partial charge in [0, 0.05) is 6.42 Å². The molecule has 0 spiro atoms. The first-order chi connectivity index (χ1) is 26.3. The van der Waals surface area contributed by atoms with Gasteiger partial charge in [0.2, 0.25) is 5.91 Å². The number of aliphatic hydroxyl groups excluding tert-OH is 5. The van der Waals surface area contributed by atoms with E-state index in [1.54, 1.807) is 6.08 Å². The smallest absolute Gasteiger partial charge is 0.220 e. The molecule has 54 heavy (non-hydrogen) atoms. The summed E-state index contributed by atoms with van der Waals surface area (Å²) in [5, 5.41) is 54.0. The van der Waals surface area contributed by atoms with Crippen LogP contribution in [0.5, 0.6) is 0 Å². The van der Waals surface area contributed by atoms with Crippen LogP contribution in [0.25, 0.3) is 0 Å². The molecule has 1 heterocycles. The van der Waals surface area contributed by atoms with Crippen LogP contribution < -0.4 is 5.32 Å². The van der Waals surface area contributed by atoms with Gasteiger partial charge in [-0.3, -0.25) is 4.79 Å². The molecule has 0 bridgehead atoms. The van der Waals surface area contributed by atoms with Crippen molar-refractivity contribution >= 4 is 5.91 Å². The molecular formula is C45H81NO8. The van der Waals surface area contributed by atoms with Crippen LogP contribution in [0.2, 0.25) is 0 Å². The largest absolute Gasteiger partial charge is 0.394 e. The van der Waals surface area contributed by atoms with Gasteiger partial charge in [0.1, 0.15) is 24.4 Å². The minimum absolute atomic E-state index is 0.197. The zero-order valence-electron chi connectivity index (χ0n) is 34.2. The van der Waals surface area contributed by atoms with Crippen molar-refractivity contribution < 1.29 is 39.8 Å². The number of hydrogen-bond acceptors (Lipinski definition) is 8. The number of ether oxygens (including phenoxy) is 2. The second-order valence-corrected chi connectivity index (χ2v) is 15.1. The van der Waals surface area contributed by atoms with Crippen LogP contribution in [0.4, 0.5) is 0 Å². The van der Waals surface area contributed by atoms with Crippen LogP contribution in [0, 0.1) is 0 Å². The standard InChI is InChI=1S/C45H81NO8/c1-3-5-7-9-11-13-15-17-18-19-20-21-22-23-25-27-29-31-33-35-41(49)46-38(37-53-45-44(52)43(51)42(50)40(36-47)54-45)39(48)34-32-30-28-26-24-16-14-12-10-8-6-4-2/h10,12,17-18,24,26,32,34,38-40,42-45,47-48,50-52H,3-9,11,13-16,19-23,25,27-31,33,35-37H2,1-2H3,(H,46,49)/b12-10+,18-17-,26-24+,34-32+. The number of hydrogen-bond donors (Lipinski definition) is 6. The third-order valence-electron chi connectivity index (χ3n) is 10.1. The predicted molar refractivity (Wildman–Crippen MR) is 221 cm³/mol. The molecule has 0 aliphatic carbocycles. The first-order valence-corrected chi connectivity index (χ1v) is 21.9. The molecule has 314 valence electrons. The van der Waals surface area contributed by atoms with E-state index in [0.29, 0.717) is 6.42 Å². The molecule has 0 aromatic heterocycles. The predicted octanol–water partition coefficient (Wildman–Crippen LogP) is 8.67. The Morgan fingerprint density at radius 1 is 0.611 bits per heavy atom. The molecule has 6 N–H and O–H groups in total. The summed E-state index contributed by atoms with van der Waals surface area (Å²) in [5.41, 5.74) is 0. The highest BCUT2D eigenvalue weighted by Crippen LogP contribution is 2.22. The summed E-state index contributed by atoms with van der Waals surface area (Å²) in [4.78, 5) is 12.9. The maximum atomic E-state index is 12.9. The lowest BCUT2D eigenvalue weighted by Crippen LogP contribution is -2.60. The Hall–Kier alpha value is -1.85. The fraction of sp³-hybridized carbons (Fsp3) is 0.800. The monoisotopic (exact) mass is 764 g/mol. The van der Waals surface area contributed by atoms with Gasteiger partial charge < -0.3 is 40.3 Å². The molecule has 0 aromatic rings. The SMILES string of the molecule is CCCC/C=C/CC/C=C/CC/C=C/C(O)C(COC1OC(CO)C(O)C(O)C1O)NC(=O)CCCCCCCCCCC/C=C\CCCCCCCC. The van der Waals surface area contributed by atoms with Crippen molar-refractivity contribution in [1.29, 1.82) is 0 Å². The fourth-order valence-corrected chi connectivity index (χ4v) is 6.52. The number of unbranched alkanes of at least 4 members (excludes halogenated alkanes) is 19. The van der Waals surface area contributed by atoms with Crippen molar-refractivity contribution in [1.82, 2.24) is 5.32 Å². The number of amides is 1. The average Bonchev–Trinajstić information content (AvgIpc) is 3.17. The quantitative estimate of drug-likeness (QED) is 0.0278. The van der Waals surface area contributed by atoms with E-state index in [1.165, 1.54) is 103 Å². The van der Waals surface area contributed by atoms with Gasteiger partial charge >= 0.3 is 0 Å². The summed E-state index contributed by atoms with van der Waals surface area (Å²) in [7, 11) is 0. The van der Waals surface area contributed by atoms with Crippen molar-refractivity contribution in [3.05, 3.63) is 48.6 Å². The van der Waals surface area contributed by atoms with Crippen molar-refractivity contribution in [3.63, 3.8) is 0 Å². The minimum Gasteiger partial charge on any atom is -0.394 e. The van der Waals surface area contributed by atoms with Crippen LogP contribution in [-0.4, -0.2) is 87.5 Å². The highest BCUT2D eigenvalue weighted by atomic mass is 16.7. The minimum atomic E-state index is -1.57. The number of rotatable bonds is 35. The van der Waals surface area contributed by atoms with Crippen LogP contribution in [-0.2, 0) is 14.3 Å². The number of carbonyl (C=O) groups excluding carboxylic acids is 1. The average molecular weight is 764 g/mol. The summed E-state index contributed by atoms with van der Waals surface area (Å²) >= 11 is 0. The van der Waals surface area contributed by atoms with Crippen molar-refractivity contribution in [2.24, 2.45) is 0 Å². The fourth-order valence-electron chi connectivity index (χ4n) is 6.52. The molecule has 1 aliphatic heterocycles. The van der Waals surface area contributed by atoms with Gasteiger partial charge in [0.05, 0.1) is 25.4 Å². The molecule has 0 radical (unpaired) electrons. The Balaban J connectivity index is 2.38. The van der Waals surface area contributed by atoms with Crippen molar-refractivity contribution in [2.45, 2.75) is 217 Å². The Morgan fingerprint density at radius 2 is 1.07 bits per heavy atom. The van der Waals surface area contributed by atoms with Gasteiger partial charge in [-0.1, -0.05) is 152 Å². The molecular weight excluding hydrogens is 682 g/mol. The van der Waals surface area contributed by atoms with Crippen molar-refractivity contribution in [3.8, 4) is 0 Å². The normalized spacial score (nSPS) is 21.9. The third-order valence-corrected chi connectivity index (χ3v) is 10.1. The summed E-state index contributed by atoms with van der Waals surface area (Å²) in [6.07, 6.45) is 37.3. The summed E-state index contributed by atoms with van der Waals surface area (Å²) in [5.74, 6) is -0.197. The number of allylic oxidation sites excluding steroid dienone is 7. The van der Waals surface area contributed by atoms with Gasteiger partial charge in [-0.25, -0.2) is 0 Å². The molecule has 7 atom stereocenters. The highest BCUT2D eigenvalue weighted by Gasteiger charge is 2.44. The first kappa shape index (κ1) is 50.2. The Kier molecular flexibility index (Phi) is 33.0. The van der Waals surface area contributed by atoms with Crippen molar-refractivity contribution in [2.75, 3.05) is 13.2 Å². The first-order valence-electron chi connectivity index (χ1n) is 21.9. The second kappa shape index (κ2) is 35.6. The molecule has 0 saturated carbocycles. The summed E-state index contributed by atoms with van der Waals surface area (Å²) in [6.45, 7) is 3.68. The molecule has 9 heteroatoms. The van der Waals surface area contributed by atoms with E-state index >= 15 is 0 Å². The van der Waals surface area contributed by atoms with Crippen LogP contribution in [0.3, 0.4) is 0 Å². The van der Waals surface area contributed by atoms with E-state index in [0.717, 1.165) is 51.4 Å². The second-order valence-electron chi connectivity index (χ2n) is 15.1. The van der Waals surface area contributed by atoms with Gasteiger partial charge in [0.15, 0.2) is 6.29 Å². The zero-order valence-corrected chi connectivity index (χ0v) is 34.2. The maximum Gasteiger partial charge on any atom is 0.220 e. The Bertz CT molecular complexity index is 983. The van der Waals surface area contributed by atoms with Gasteiger partial charge in [-0.15, -0.1) is 0 Å². The molecule has 1 fully saturated rings. The lowest BCUT2D eigenvalue weighted by molar-refractivity contribution is -0.302. The van der Waals surface area contributed by atoms with Gasteiger partial charge in [0.25, 0.3) is 0 Å². The molecule has 1 rings (SSSR count).